The van der Waals surface area contributed by atoms with Gasteiger partial charge in [-0.05, 0) is 25.8 Å². The third-order valence-electron chi connectivity index (χ3n) is 2.85. The number of carbonyl (C=O) groups excluding carboxylic acids is 1. The highest BCUT2D eigenvalue weighted by molar-refractivity contribution is 7.13. The largest absolute Gasteiger partial charge is 0.337 e. The average Bonchev–Trinajstić information content (AvgIpc) is 2.98. The van der Waals surface area contributed by atoms with E-state index in [4.69, 9.17) is 0 Å². The Balaban J connectivity index is 1.76. The summed E-state index contributed by atoms with van der Waals surface area (Å²) in [5.74, 6) is 0.301. The third kappa shape index (κ3) is 4.06. The number of hydrogen-bond acceptors (Lipinski definition) is 4. The van der Waals surface area contributed by atoms with Crippen LogP contribution >= 0.6 is 11.3 Å². The maximum Gasteiger partial charge on any atom is 0.321 e. The van der Waals surface area contributed by atoms with Gasteiger partial charge in [0.05, 0.1) is 5.69 Å². The predicted molar refractivity (Wildman–Crippen MR) is 80.0 cm³/mol. The first kappa shape index (κ1) is 14.5. The van der Waals surface area contributed by atoms with Crippen LogP contribution in [0.3, 0.4) is 0 Å². The van der Waals surface area contributed by atoms with Gasteiger partial charge in [0.1, 0.15) is 0 Å². The molecule has 0 aliphatic heterocycles. The van der Waals surface area contributed by atoms with Gasteiger partial charge in [-0.1, -0.05) is 6.92 Å². The smallest absolute Gasteiger partial charge is 0.321 e. The number of rotatable bonds is 5. The standard InChI is InChI=1S/C13H19N5OS/c1-9(8-18-11(3)6-10(2)17-18)7-15-12(19)16-13-14-4-5-20-13/h4-6,9H,7-8H2,1-3H3,(H2,14,15,16,19). The molecule has 7 heteroatoms. The molecule has 0 aliphatic carbocycles. The van der Waals surface area contributed by atoms with Crippen LogP contribution in [-0.2, 0) is 6.54 Å². The SMILES string of the molecule is Cc1cc(C)n(CC(C)CNC(=O)Nc2nccs2)n1. The molecule has 0 saturated carbocycles. The molecule has 0 saturated heterocycles. The van der Waals surface area contributed by atoms with Gasteiger partial charge in [0.2, 0.25) is 0 Å². The number of urea groups is 1. The molecule has 0 fully saturated rings. The number of aromatic nitrogens is 3. The van der Waals surface area contributed by atoms with E-state index in [2.05, 4.69) is 33.7 Å². The van der Waals surface area contributed by atoms with Gasteiger partial charge < -0.3 is 5.32 Å². The lowest BCUT2D eigenvalue weighted by Crippen LogP contribution is -2.33. The van der Waals surface area contributed by atoms with Crippen LogP contribution < -0.4 is 10.6 Å². The molecule has 0 radical (unpaired) electrons. The fraction of sp³-hybridized carbons (Fsp3) is 0.462. The van der Waals surface area contributed by atoms with Crippen LogP contribution in [0.5, 0.6) is 0 Å². The van der Waals surface area contributed by atoms with Crippen LogP contribution in [0.2, 0.25) is 0 Å². The van der Waals surface area contributed by atoms with Crippen LogP contribution in [0, 0.1) is 19.8 Å². The van der Waals surface area contributed by atoms with E-state index in [0.29, 0.717) is 17.6 Å². The molecule has 0 aliphatic rings. The normalized spacial score (nSPS) is 12.2. The van der Waals surface area contributed by atoms with Crippen molar-refractivity contribution in [1.29, 1.82) is 0 Å². The Bertz CT molecular complexity index is 563. The molecule has 6 nitrogen and oxygen atoms in total. The van der Waals surface area contributed by atoms with Crippen molar-refractivity contribution in [2.24, 2.45) is 5.92 Å². The monoisotopic (exact) mass is 293 g/mol. The molecule has 2 amide bonds. The van der Waals surface area contributed by atoms with Crippen LogP contribution in [0.4, 0.5) is 9.93 Å². The zero-order valence-corrected chi connectivity index (χ0v) is 12.7. The number of carbonyl (C=O) groups is 1. The second-order valence-corrected chi connectivity index (χ2v) is 5.78. The molecule has 20 heavy (non-hydrogen) atoms. The Hall–Kier alpha value is -1.89. The minimum Gasteiger partial charge on any atom is -0.337 e. The Kier molecular flexibility index (Phi) is 4.73. The van der Waals surface area contributed by atoms with Crippen molar-refractivity contribution in [3.05, 3.63) is 29.0 Å². The fourth-order valence-electron chi connectivity index (χ4n) is 1.91. The Labute approximate surface area is 122 Å². The zero-order chi connectivity index (χ0) is 14.5. The summed E-state index contributed by atoms with van der Waals surface area (Å²) in [7, 11) is 0. The predicted octanol–water partition coefficient (Wildman–Crippen LogP) is 2.41. The number of nitrogens with one attached hydrogen (secondary N) is 2. The Morgan fingerprint density at radius 2 is 2.30 bits per heavy atom. The fourth-order valence-corrected chi connectivity index (χ4v) is 2.44. The minimum absolute atomic E-state index is 0.222. The number of hydrogen-bond donors (Lipinski definition) is 2. The first-order valence-corrected chi connectivity index (χ1v) is 7.38. The van der Waals surface area contributed by atoms with Crippen molar-refractivity contribution in [1.82, 2.24) is 20.1 Å². The number of aryl methyl sites for hydroxylation is 2. The number of nitrogens with zero attached hydrogens (tertiary/aromatic N) is 3. The molecule has 2 aromatic rings. The molecule has 1 atom stereocenters. The second-order valence-electron chi connectivity index (χ2n) is 4.89. The molecular formula is C13H19N5OS. The van der Waals surface area contributed by atoms with E-state index in [1.54, 1.807) is 6.20 Å². The molecule has 108 valence electrons. The molecule has 2 heterocycles. The second kappa shape index (κ2) is 6.51. The van der Waals surface area contributed by atoms with Crippen LogP contribution in [0.1, 0.15) is 18.3 Å². The summed E-state index contributed by atoms with van der Waals surface area (Å²) in [5.41, 5.74) is 2.16. The van der Waals surface area contributed by atoms with Crippen molar-refractivity contribution >= 4 is 22.5 Å². The lowest BCUT2D eigenvalue weighted by molar-refractivity contribution is 0.249. The van der Waals surface area contributed by atoms with E-state index in [1.807, 2.05) is 23.9 Å². The number of anilines is 1. The molecular weight excluding hydrogens is 274 g/mol. The highest BCUT2D eigenvalue weighted by Crippen LogP contribution is 2.10. The van der Waals surface area contributed by atoms with E-state index in [-0.39, 0.29) is 6.03 Å². The topological polar surface area (TPSA) is 71.8 Å². The van der Waals surface area contributed by atoms with Crippen molar-refractivity contribution < 1.29 is 4.79 Å². The van der Waals surface area contributed by atoms with E-state index in [1.165, 1.54) is 11.3 Å². The van der Waals surface area contributed by atoms with Crippen molar-refractivity contribution in [3.63, 3.8) is 0 Å². The minimum atomic E-state index is -0.222. The quantitative estimate of drug-likeness (QED) is 0.889. The van der Waals surface area contributed by atoms with Gasteiger partial charge in [-0.25, -0.2) is 9.78 Å². The van der Waals surface area contributed by atoms with Crippen molar-refractivity contribution in [3.8, 4) is 0 Å². The Morgan fingerprint density at radius 3 is 2.90 bits per heavy atom. The van der Waals surface area contributed by atoms with Gasteiger partial charge in [0.15, 0.2) is 5.13 Å². The summed E-state index contributed by atoms with van der Waals surface area (Å²) in [5, 5.41) is 12.4. The first-order valence-electron chi connectivity index (χ1n) is 6.50. The van der Waals surface area contributed by atoms with Gasteiger partial charge in [-0.2, -0.15) is 5.10 Å². The molecule has 2 rings (SSSR count). The zero-order valence-electron chi connectivity index (χ0n) is 11.9. The lowest BCUT2D eigenvalue weighted by atomic mass is 10.2. The summed E-state index contributed by atoms with van der Waals surface area (Å²) in [6, 6.07) is 1.83. The summed E-state index contributed by atoms with van der Waals surface area (Å²) < 4.78 is 1.97. The first-order chi connectivity index (χ1) is 9.54. The van der Waals surface area contributed by atoms with Crippen LogP contribution in [0.15, 0.2) is 17.6 Å². The van der Waals surface area contributed by atoms with Gasteiger partial charge in [-0.3, -0.25) is 10.00 Å². The molecule has 2 N–H and O–H groups in total. The number of amides is 2. The Morgan fingerprint density at radius 1 is 1.50 bits per heavy atom. The van der Waals surface area contributed by atoms with E-state index in [9.17, 15) is 4.79 Å². The molecule has 0 bridgehead atoms. The van der Waals surface area contributed by atoms with Gasteiger partial charge in [0, 0.05) is 30.4 Å². The molecule has 0 spiro atoms. The van der Waals surface area contributed by atoms with Gasteiger partial charge in [0.25, 0.3) is 0 Å². The number of thiazole rings is 1. The third-order valence-corrected chi connectivity index (χ3v) is 3.54. The van der Waals surface area contributed by atoms with Crippen LogP contribution in [-0.4, -0.2) is 27.3 Å². The van der Waals surface area contributed by atoms with E-state index >= 15 is 0 Å². The highest BCUT2D eigenvalue weighted by atomic mass is 32.1. The summed E-state index contributed by atoms with van der Waals surface area (Å²) in [6.07, 6.45) is 1.66. The lowest BCUT2D eigenvalue weighted by Gasteiger charge is -2.14. The van der Waals surface area contributed by atoms with Crippen molar-refractivity contribution in [2.75, 3.05) is 11.9 Å². The van der Waals surface area contributed by atoms with E-state index in [0.717, 1.165) is 17.9 Å². The summed E-state index contributed by atoms with van der Waals surface area (Å²) in [4.78, 5) is 15.7. The molecule has 0 aromatic carbocycles. The average molecular weight is 293 g/mol. The summed E-state index contributed by atoms with van der Waals surface area (Å²) in [6.45, 7) is 7.48. The maximum absolute atomic E-state index is 11.7. The maximum atomic E-state index is 11.7. The molecule has 2 aromatic heterocycles. The van der Waals surface area contributed by atoms with Gasteiger partial charge >= 0.3 is 6.03 Å². The summed E-state index contributed by atoms with van der Waals surface area (Å²) >= 11 is 1.40. The van der Waals surface area contributed by atoms with Crippen molar-refractivity contribution in [2.45, 2.75) is 27.3 Å². The van der Waals surface area contributed by atoms with Crippen LogP contribution in [0.25, 0.3) is 0 Å². The highest BCUT2D eigenvalue weighted by Gasteiger charge is 2.09. The van der Waals surface area contributed by atoms with E-state index < -0.39 is 0 Å². The molecule has 1 unspecified atom stereocenters. The van der Waals surface area contributed by atoms with Gasteiger partial charge in [-0.15, -0.1) is 11.3 Å².